The summed E-state index contributed by atoms with van der Waals surface area (Å²) in [4.78, 5) is 5.23. The molecule has 2 N–H and O–H groups in total. The number of aromatic nitrogens is 2. The van der Waals surface area contributed by atoms with Gasteiger partial charge in [-0.15, -0.1) is 11.3 Å². The average molecular weight is 314 g/mol. The quantitative estimate of drug-likeness (QED) is 0.851. The van der Waals surface area contributed by atoms with Crippen molar-refractivity contribution >= 4 is 26.5 Å². The van der Waals surface area contributed by atoms with Crippen molar-refractivity contribution in [3.8, 4) is 0 Å². The van der Waals surface area contributed by atoms with Crippen LogP contribution in [-0.4, -0.2) is 24.5 Å². The van der Waals surface area contributed by atoms with Crippen LogP contribution in [0.3, 0.4) is 0 Å². The Hall–Kier alpha value is -1.38. The maximum Gasteiger partial charge on any atom is 0.265 e. The number of aryl methyl sites for hydroxylation is 2. The van der Waals surface area contributed by atoms with Gasteiger partial charge >= 0.3 is 0 Å². The number of anilines is 1. The van der Waals surface area contributed by atoms with Gasteiger partial charge in [0.2, 0.25) is 0 Å². The van der Waals surface area contributed by atoms with Gasteiger partial charge in [-0.05, 0) is 19.5 Å². The minimum absolute atomic E-state index is 0.251. The van der Waals surface area contributed by atoms with Crippen LogP contribution in [0.25, 0.3) is 0 Å². The summed E-state index contributed by atoms with van der Waals surface area (Å²) in [7, 11) is -1.74. The molecule has 6 nitrogen and oxygen atoms in total. The second-order valence-corrected chi connectivity index (χ2v) is 7.36. The van der Waals surface area contributed by atoms with E-state index in [9.17, 15) is 8.42 Å². The Balaban J connectivity index is 2.21. The van der Waals surface area contributed by atoms with Crippen LogP contribution in [0.15, 0.2) is 23.4 Å². The molecule has 0 unspecified atom stereocenters. The molecule has 0 bridgehead atoms. The highest BCUT2D eigenvalue weighted by Crippen LogP contribution is 2.22. The van der Waals surface area contributed by atoms with Crippen LogP contribution < -0.4 is 10.0 Å². The summed E-state index contributed by atoms with van der Waals surface area (Å²) < 4.78 is 28.9. The van der Waals surface area contributed by atoms with E-state index in [4.69, 9.17) is 0 Å². The molecule has 2 aromatic heterocycles. The van der Waals surface area contributed by atoms with E-state index in [0.29, 0.717) is 11.7 Å². The summed E-state index contributed by atoms with van der Waals surface area (Å²) in [6.07, 6.45) is 3.25. The first-order valence-electron chi connectivity index (χ1n) is 6.23. The lowest BCUT2D eigenvalue weighted by molar-refractivity contribution is 0.601. The van der Waals surface area contributed by atoms with E-state index < -0.39 is 10.0 Å². The van der Waals surface area contributed by atoms with Crippen LogP contribution in [0, 0.1) is 6.92 Å². The summed E-state index contributed by atoms with van der Waals surface area (Å²) in [5.41, 5.74) is 0.919. The molecule has 0 fully saturated rings. The van der Waals surface area contributed by atoms with E-state index in [2.05, 4.69) is 15.0 Å². The summed E-state index contributed by atoms with van der Waals surface area (Å²) in [6, 6.07) is 1.67. The zero-order valence-corrected chi connectivity index (χ0v) is 13.3. The molecule has 0 radical (unpaired) electrons. The molecular formula is C12H18N4O2S2. The SMILES string of the molecule is CCNCc1cc(S(=O)(=O)Nc2ncc(C)s2)cn1C. The molecule has 110 valence electrons. The van der Waals surface area contributed by atoms with Gasteiger partial charge < -0.3 is 9.88 Å². The number of rotatable bonds is 6. The van der Waals surface area contributed by atoms with Crippen LogP contribution in [0.1, 0.15) is 17.5 Å². The lowest BCUT2D eigenvalue weighted by atomic mass is 10.4. The smallest absolute Gasteiger partial charge is 0.265 e. The fourth-order valence-corrected chi connectivity index (χ4v) is 3.73. The Morgan fingerprint density at radius 1 is 1.45 bits per heavy atom. The standard InChI is InChI=1S/C12H18N4O2S2/c1-4-13-7-10-5-11(8-16(10)3)20(17,18)15-12-14-6-9(2)19-12/h5-6,8,13H,4,7H2,1-3H3,(H,14,15). The molecule has 0 aliphatic heterocycles. The number of thiazole rings is 1. The molecule has 0 aromatic carbocycles. The highest BCUT2D eigenvalue weighted by molar-refractivity contribution is 7.93. The van der Waals surface area contributed by atoms with Gasteiger partial charge in [0.05, 0.1) is 0 Å². The Kier molecular flexibility index (Phi) is 4.46. The van der Waals surface area contributed by atoms with Crippen LogP contribution in [0.4, 0.5) is 5.13 Å². The van der Waals surface area contributed by atoms with Gasteiger partial charge in [-0.1, -0.05) is 6.92 Å². The van der Waals surface area contributed by atoms with Crippen LogP contribution in [0.5, 0.6) is 0 Å². The first-order valence-corrected chi connectivity index (χ1v) is 8.53. The molecular weight excluding hydrogens is 296 g/mol. The van der Waals surface area contributed by atoms with E-state index in [1.54, 1.807) is 18.5 Å². The molecule has 0 saturated carbocycles. The molecule has 2 rings (SSSR count). The maximum absolute atomic E-state index is 12.3. The van der Waals surface area contributed by atoms with Gasteiger partial charge in [-0.2, -0.15) is 0 Å². The van der Waals surface area contributed by atoms with E-state index >= 15 is 0 Å². The molecule has 0 spiro atoms. The summed E-state index contributed by atoms with van der Waals surface area (Å²) >= 11 is 1.31. The van der Waals surface area contributed by atoms with Gasteiger partial charge in [0.25, 0.3) is 10.0 Å². The summed E-state index contributed by atoms with van der Waals surface area (Å²) in [5.74, 6) is 0. The lowest BCUT2D eigenvalue weighted by Gasteiger charge is -2.02. The minimum atomic E-state index is -3.58. The fourth-order valence-electron chi connectivity index (χ4n) is 1.73. The first-order chi connectivity index (χ1) is 9.42. The first kappa shape index (κ1) is 15.0. The van der Waals surface area contributed by atoms with E-state index in [-0.39, 0.29) is 4.90 Å². The molecule has 0 saturated heterocycles. The van der Waals surface area contributed by atoms with Crippen molar-refractivity contribution in [1.82, 2.24) is 14.9 Å². The van der Waals surface area contributed by atoms with Gasteiger partial charge in [0.15, 0.2) is 5.13 Å². The largest absolute Gasteiger partial charge is 0.352 e. The van der Waals surface area contributed by atoms with E-state index in [0.717, 1.165) is 17.1 Å². The lowest BCUT2D eigenvalue weighted by Crippen LogP contribution is -2.14. The van der Waals surface area contributed by atoms with Gasteiger partial charge in [0, 0.05) is 36.6 Å². The van der Waals surface area contributed by atoms with Crippen molar-refractivity contribution in [2.45, 2.75) is 25.3 Å². The number of sulfonamides is 1. The Bertz CT molecular complexity index is 688. The van der Waals surface area contributed by atoms with Crippen molar-refractivity contribution in [3.63, 3.8) is 0 Å². The number of hydrogen-bond donors (Lipinski definition) is 2. The third kappa shape index (κ3) is 3.38. The average Bonchev–Trinajstić information content (AvgIpc) is 2.93. The Morgan fingerprint density at radius 2 is 2.20 bits per heavy atom. The Labute approximate surface area is 122 Å². The normalized spacial score (nSPS) is 11.8. The number of nitrogens with zero attached hydrogens (tertiary/aromatic N) is 2. The molecule has 20 heavy (non-hydrogen) atoms. The van der Waals surface area contributed by atoms with E-state index in [1.165, 1.54) is 11.3 Å². The minimum Gasteiger partial charge on any atom is -0.352 e. The fraction of sp³-hybridized carbons (Fsp3) is 0.417. The predicted octanol–water partition coefficient (Wildman–Crippen LogP) is 1.70. The number of hydrogen-bond acceptors (Lipinski definition) is 5. The molecule has 0 aliphatic rings. The topological polar surface area (TPSA) is 76.0 Å². The second-order valence-electron chi connectivity index (χ2n) is 4.44. The van der Waals surface area contributed by atoms with Crippen molar-refractivity contribution < 1.29 is 8.42 Å². The van der Waals surface area contributed by atoms with Gasteiger partial charge in [-0.25, -0.2) is 13.4 Å². The zero-order chi connectivity index (χ0) is 14.8. The number of nitrogens with one attached hydrogen (secondary N) is 2. The zero-order valence-electron chi connectivity index (χ0n) is 11.7. The molecule has 8 heteroatoms. The highest BCUT2D eigenvalue weighted by atomic mass is 32.2. The monoisotopic (exact) mass is 314 g/mol. The molecule has 0 amide bonds. The van der Waals surface area contributed by atoms with E-state index in [1.807, 2.05) is 25.5 Å². The van der Waals surface area contributed by atoms with Gasteiger partial charge in [-0.3, -0.25) is 4.72 Å². The predicted molar refractivity (Wildman–Crippen MR) is 80.5 cm³/mol. The Morgan fingerprint density at radius 3 is 2.80 bits per heavy atom. The second kappa shape index (κ2) is 5.94. The van der Waals surface area contributed by atoms with Gasteiger partial charge in [0.1, 0.15) is 4.90 Å². The van der Waals surface area contributed by atoms with Crippen LogP contribution >= 0.6 is 11.3 Å². The molecule has 0 atom stereocenters. The third-order valence-corrected chi connectivity index (χ3v) is 5.06. The summed E-state index contributed by atoms with van der Waals surface area (Å²) in [5, 5.41) is 3.57. The molecule has 0 aliphatic carbocycles. The highest BCUT2D eigenvalue weighted by Gasteiger charge is 2.18. The van der Waals surface area contributed by atoms with Crippen molar-refractivity contribution in [3.05, 3.63) is 29.0 Å². The van der Waals surface area contributed by atoms with Crippen LogP contribution in [-0.2, 0) is 23.6 Å². The van der Waals surface area contributed by atoms with Crippen molar-refractivity contribution in [2.24, 2.45) is 7.05 Å². The van der Waals surface area contributed by atoms with Crippen LogP contribution in [0.2, 0.25) is 0 Å². The third-order valence-electron chi connectivity index (χ3n) is 2.79. The van der Waals surface area contributed by atoms with Crippen molar-refractivity contribution in [1.29, 1.82) is 0 Å². The molecule has 2 aromatic rings. The maximum atomic E-state index is 12.3. The molecule has 2 heterocycles. The van der Waals surface area contributed by atoms with Crippen molar-refractivity contribution in [2.75, 3.05) is 11.3 Å². The summed E-state index contributed by atoms with van der Waals surface area (Å²) in [6.45, 7) is 5.36.